The minimum atomic E-state index is -1.08. The van der Waals surface area contributed by atoms with Crippen molar-refractivity contribution in [2.75, 3.05) is 0 Å². The molecule has 1 aliphatic carbocycles. The number of nitrogens with zero attached hydrogens (tertiary/aromatic N) is 1. The molecule has 0 radical (unpaired) electrons. The molecule has 0 saturated heterocycles. The summed E-state index contributed by atoms with van der Waals surface area (Å²) in [5.41, 5.74) is 0.883. The summed E-state index contributed by atoms with van der Waals surface area (Å²) in [7, 11) is 0. The first-order valence-electron chi connectivity index (χ1n) is 7.31. The SMILES string of the molecule is CC(O)CCC1(C#N)C(=O)CCCCc2ccccc21. The summed E-state index contributed by atoms with van der Waals surface area (Å²) in [4.78, 5) is 12.6. The fourth-order valence-corrected chi connectivity index (χ4v) is 3.00. The van der Waals surface area contributed by atoms with Crippen molar-refractivity contribution in [2.45, 2.75) is 57.0 Å². The zero-order valence-electron chi connectivity index (χ0n) is 11.9. The van der Waals surface area contributed by atoms with E-state index in [-0.39, 0.29) is 5.78 Å². The summed E-state index contributed by atoms with van der Waals surface area (Å²) in [6.45, 7) is 1.70. The van der Waals surface area contributed by atoms with Crippen LogP contribution < -0.4 is 0 Å². The van der Waals surface area contributed by atoms with Crippen LogP contribution in [0.3, 0.4) is 0 Å². The lowest BCUT2D eigenvalue weighted by atomic mass is 9.69. The van der Waals surface area contributed by atoms with Gasteiger partial charge in [0.15, 0.2) is 5.78 Å². The predicted octanol–water partition coefficient (Wildman–Crippen LogP) is 2.90. The van der Waals surface area contributed by atoms with E-state index in [1.54, 1.807) is 6.92 Å². The maximum atomic E-state index is 12.6. The number of ketones is 1. The predicted molar refractivity (Wildman–Crippen MR) is 77.2 cm³/mol. The molecule has 0 aromatic heterocycles. The Bertz CT molecular complexity index is 530. The Hall–Kier alpha value is -1.66. The molecule has 1 aliphatic rings. The molecule has 0 fully saturated rings. The third-order valence-electron chi connectivity index (χ3n) is 4.18. The van der Waals surface area contributed by atoms with Gasteiger partial charge in [-0.3, -0.25) is 4.79 Å². The lowest BCUT2D eigenvalue weighted by Crippen LogP contribution is -2.37. The molecule has 0 bridgehead atoms. The van der Waals surface area contributed by atoms with Gasteiger partial charge in [-0.15, -0.1) is 0 Å². The van der Waals surface area contributed by atoms with E-state index in [1.165, 1.54) is 0 Å². The van der Waals surface area contributed by atoms with Crippen LogP contribution in [0.5, 0.6) is 0 Å². The average molecular weight is 271 g/mol. The summed E-state index contributed by atoms with van der Waals surface area (Å²) in [5.74, 6) is 0.00722. The molecule has 2 atom stereocenters. The van der Waals surface area contributed by atoms with Crippen LogP contribution in [-0.2, 0) is 16.6 Å². The van der Waals surface area contributed by atoms with Crippen LogP contribution in [0.1, 0.15) is 50.2 Å². The van der Waals surface area contributed by atoms with E-state index in [4.69, 9.17) is 0 Å². The first-order valence-corrected chi connectivity index (χ1v) is 7.31. The van der Waals surface area contributed by atoms with Gasteiger partial charge >= 0.3 is 0 Å². The number of hydrogen-bond acceptors (Lipinski definition) is 3. The van der Waals surface area contributed by atoms with Gasteiger partial charge in [0.1, 0.15) is 5.41 Å². The second kappa shape index (κ2) is 6.19. The number of carbonyl (C=O) groups is 1. The molecule has 0 saturated carbocycles. The summed E-state index contributed by atoms with van der Waals surface area (Å²) in [6, 6.07) is 10.1. The smallest absolute Gasteiger partial charge is 0.157 e. The molecule has 0 spiro atoms. The lowest BCUT2D eigenvalue weighted by Gasteiger charge is -2.30. The molecule has 0 amide bonds. The Morgan fingerprint density at radius 3 is 2.75 bits per heavy atom. The molecular weight excluding hydrogens is 250 g/mol. The first kappa shape index (κ1) is 14.7. The van der Waals surface area contributed by atoms with E-state index < -0.39 is 11.5 Å². The second-order valence-corrected chi connectivity index (χ2v) is 5.69. The van der Waals surface area contributed by atoms with Gasteiger partial charge in [-0.05, 0) is 50.2 Å². The molecule has 1 aromatic carbocycles. The quantitative estimate of drug-likeness (QED) is 0.919. The molecule has 2 rings (SSSR count). The molecule has 106 valence electrons. The topological polar surface area (TPSA) is 61.1 Å². The van der Waals surface area contributed by atoms with E-state index in [1.807, 2.05) is 24.3 Å². The molecule has 3 heteroatoms. The van der Waals surface area contributed by atoms with Gasteiger partial charge in [-0.2, -0.15) is 5.26 Å². The van der Waals surface area contributed by atoms with Crippen molar-refractivity contribution in [1.29, 1.82) is 5.26 Å². The number of aliphatic hydroxyl groups excluding tert-OH is 1. The fraction of sp³-hybridized carbons (Fsp3) is 0.529. The molecule has 3 nitrogen and oxygen atoms in total. The number of aryl methyl sites for hydroxylation is 1. The summed E-state index contributed by atoms with van der Waals surface area (Å²) in [6.07, 6.45) is 3.57. The molecular formula is C17H21NO2. The molecule has 0 aliphatic heterocycles. The maximum Gasteiger partial charge on any atom is 0.157 e. The van der Waals surface area contributed by atoms with Crippen LogP contribution >= 0.6 is 0 Å². The van der Waals surface area contributed by atoms with Crippen molar-refractivity contribution in [3.05, 3.63) is 35.4 Å². The highest BCUT2D eigenvalue weighted by molar-refractivity contribution is 5.93. The third-order valence-corrected chi connectivity index (χ3v) is 4.18. The molecule has 2 unspecified atom stereocenters. The lowest BCUT2D eigenvalue weighted by molar-refractivity contribution is -0.123. The number of carbonyl (C=O) groups excluding carboxylic acids is 1. The number of Topliss-reactive ketones (excluding diaryl/α,β-unsaturated/α-hetero) is 1. The summed E-state index contributed by atoms with van der Waals surface area (Å²) in [5, 5.41) is 19.3. The van der Waals surface area contributed by atoms with Gasteiger partial charge in [-0.25, -0.2) is 0 Å². The Morgan fingerprint density at radius 1 is 1.35 bits per heavy atom. The van der Waals surface area contributed by atoms with Crippen molar-refractivity contribution < 1.29 is 9.90 Å². The molecule has 20 heavy (non-hydrogen) atoms. The normalized spacial score (nSPS) is 24.1. The third kappa shape index (κ3) is 2.76. The highest BCUT2D eigenvalue weighted by Gasteiger charge is 2.41. The minimum Gasteiger partial charge on any atom is -0.393 e. The zero-order chi connectivity index (χ0) is 14.6. The summed E-state index contributed by atoms with van der Waals surface area (Å²) < 4.78 is 0. The second-order valence-electron chi connectivity index (χ2n) is 5.69. The van der Waals surface area contributed by atoms with Crippen LogP contribution in [-0.4, -0.2) is 17.0 Å². The van der Waals surface area contributed by atoms with Crippen LogP contribution in [0.2, 0.25) is 0 Å². The average Bonchev–Trinajstić information content (AvgIpc) is 2.44. The van der Waals surface area contributed by atoms with Gasteiger partial charge in [-0.1, -0.05) is 24.3 Å². The molecule has 1 aromatic rings. The molecule has 0 heterocycles. The van der Waals surface area contributed by atoms with Gasteiger partial charge in [0.2, 0.25) is 0 Å². The highest BCUT2D eigenvalue weighted by Crippen LogP contribution is 2.36. The van der Waals surface area contributed by atoms with E-state index in [0.717, 1.165) is 30.4 Å². The standard InChI is InChI=1S/C17H21NO2/c1-13(19)10-11-17(12-18)15-8-4-2-6-14(15)7-3-5-9-16(17)20/h2,4,6,8,13,19H,3,5,7,9-11H2,1H3. The van der Waals surface area contributed by atoms with Gasteiger partial charge in [0.05, 0.1) is 12.2 Å². The van der Waals surface area contributed by atoms with E-state index >= 15 is 0 Å². The summed E-state index contributed by atoms with van der Waals surface area (Å²) >= 11 is 0. The van der Waals surface area contributed by atoms with E-state index in [2.05, 4.69) is 6.07 Å². The highest BCUT2D eigenvalue weighted by atomic mass is 16.3. The largest absolute Gasteiger partial charge is 0.393 e. The van der Waals surface area contributed by atoms with E-state index in [9.17, 15) is 15.2 Å². The number of fused-ring (bicyclic) bond motifs is 1. The number of hydrogen-bond donors (Lipinski definition) is 1. The first-order chi connectivity index (χ1) is 9.60. The zero-order valence-corrected chi connectivity index (χ0v) is 11.9. The Balaban J connectivity index is 2.50. The van der Waals surface area contributed by atoms with Crippen LogP contribution in [0.25, 0.3) is 0 Å². The Labute approximate surface area is 120 Å². The number of nitriles is 1. The van der Waals surface area contributed by atoms with Crippen LogP contribution in [0, 0.1) is 11.3 Å². The maximum absolute atomic E-state index is 12.6. The number of rotatable bonds is 3. The van der Waals surface area contributed by atoms with Crippen molar-refractivity contribution in [3.8, 4) is 6.07 Å². The minimum absolute atomic E-state index is 0.00722. The number of aliphatic hydroxyl groups is 1. The van der Waals surface area contributed by atoms with Gasteiger partial charge in [0.25, 0.3) is 0 Å². The van der Waals surface area contributed by atoms with Gasteiger partial charge < -0.3 is 5.11 Å². The number of benzene rings is 1. The molecule has 1 N–H and O–H groups in total. The van der Waals surface area contributed by atoms with E-state index in [0.29, 0.717) is 19.3 Å². The fourth-order valence-electron chi connectivity index (χ4n) is 3.00. The Kier molecular flexibility index (Phi) is 4.57. The van der Waals surface area contributed by atoms with Crippen molar-refractivity contribution in [1.82, 2.24) is 0 Å². The van der Waals surface area contributed by atoms with Crippen molar-refractivity contribution in [2.24, 2.45) is 0 Å². The Morgan fingerprint density at radius 2 is 2.05 bits per heavy atom. The van der Waals surface area contributed by atoms with Crippen LogP contribution in [0.15, 0.2) is 24.3 Å². The van der Waals surface area contributed by atoms with Gasteiger partial charge in [0, 0.05) is 6.42 Å². The van der Waals surface area contributed by atoms with Crippen LogP contribution in [0.4, 0.5) is 0 Å². The van der Waals surface area contributed by atoms with Crippen molar-refractivity contribution >= 4 is 5.78 Å². The van der Waals surface area contributed by atoms with Crippen molar-refractivity contribution in [3.63, 3.8) is 0 Å². The monoisotopic (exact) mass is 271 g/mol.